The molecule has 0 bridgehead atoms. The van der Waals surface area contributed by atoms with Crippen LogP contribution in [0.2, 0.25) is 0 Å². The number of carbonyl (C=O) groups is 2. The van der Waals surface area contributed by atoms with E-state index in [1.807, 2.05) is 0 Å². The predicted molar refractivity (Wildman–Crippen MR) is 67.3 cm³/mol. The topological polar surface area (TPSA) is 147 Å². The zero-order chi connectivity index (χ0) is 14.6. The molecule has 20 heavy (non-hydrogen) atoms. The molecule has 8 heteroatoms. The number of hydrogen-bond acceptors (Lipinski definition) is 5. The second kappa shape index (κ2) is 8.07. The molecule has 0 heterocycles. The van der Waals surface area contributed by atoms with E-state index in [4.69, 9.17) is 26.8 Å². The van der Waals surface area contributed by atoms with Crippen LogP contribution in [-0.4, -0.2) is 46.5 Å². The number of aliphatic hydroxyl groups is 1. The monoisotopic (exact) mass is 469 g/mol. The number of aliphatic carboxylic acids is 2. The molecule has 0 amide bonds. The standard InChI is InChI=1S/C6H14N2.C6H8O5.Pt/c7-3-5-1-2-6(5)4-8;7-3-1-6(2-3,4(8)9)5(10)11;/h5-6H,1-4,7-8H2;3,7H,1-2H2,(H,8,9)(H,10,11);/q;;+4. The van der Waals surface area contributed by atoms with Crippen molar-refractivity contribution in [1.29, 1.82) is 0 Å². The molecule has 2 aliphatic rings. The SMILES string of the molecule is NCC1CCC1CN.O=C(O)C1(C(=O)O)CC(O)C1.[Pt+4]. The van der Waals surface area contributed by atoms with E-state index in [0.717, 1.165) is 24.9 Å². The molecule has 2 atom stereocenters. The first-order valence-corrected chi connectivity index (χ1v) is 6.42. The first-order valence-electron chi connectivity index (χ1n) is 6.42. The van der Waals surface area contributed by atoms with Crippen molar-refractivity contribution in [2.24, 2.45) is 28.7 Å². The van der Waals surface area contributed by atoms with Crippen LogP contribution in [0.5, 0.6) is 0 Å². The van der Waals surface area contributed by atoms with Crippen molar-refractivity contribution in [3.8, 4) is 0 Å². The van der Waals surface area contributed by atoms with Crippen LogP contribution >= 0.6 is 0 Å². The van der Waals surface area contributed by atoms with Gasteiger partial charge in [0, 0.05) is 12.8 Å². The van der Waals surface area contributed by atoms with Gasteiger partial charge in [0.15, 0.2) is 5.41 Å². The fourth-order valence-electron chi connectivity index (χ4n) is 2.44. The van der Waals surface area contributed by atoms with Gasteiger partial charge in [-0.25, -0.2) is 0 Å². The van der Waals surface area contributed by atoms with Crippen molar-refractivity contribution in [3.63, 3.8) is 0 Å². The quantitative estimate of drug-likeness (QED) is 0.340. The Morgan fingerprint density at radius 3 is 1.45 bits per heavy atom. The molecular formula is C12H22N2O5Pt+4. The maximum Gasteiger partial charge on any atom is 4.00 e. The molecule has 7 N–H and O–H groups in total. The Balaban J connectivity index is 0.000000359. The van der Waals surface area contributed by atoms with E-state index in [1.165, 1.54) is 12.8 Å². The molecule has 0 aromatic carbocycles. The Kier molecular flexibility index (Phi) is 7.88. The maximum atomic E-state index is 10.4. The average molecular weight is 469 g/mol. The van der Waals surface area contributed by atoms with E-state index in [-0.39, 0.29) is 33.9 Å². The molecule has 0 aliphatic heterocycles. The van der Waals surface area contributed by atoms with Crippen molar-refractivity contribution in [2.45, 2.75) is 31.8 Å². The third-order valence-electron chi connectivity index (χ3n) is 4.17. The van der Waals surface area contributed by atoms with E-state index < -0.39 is 23.5 Å². The van der Waals surface area contributed by atoms with Crippen molar-refractivity contribution in [3.05, 3.63) is 0 Å². The third kappa shape index (κ3) is 4.01. The van der Waals surface area contributed by atoms with Crippen molar-refractivity contribution >= 4 is 11.9 Å². The van der Waals surface area contributed by atoms with Crippen LogP contribution < -0.4 is 11.5 Å². The van der Waals surface area contributed by atoms with Crippen molar-refractivity contribution < 1.29 is 46.0 Å². The predicted octanol–water partition coefficient (Wildman–Crippen LogP) is -0.776. The Morgan fingerprint density at radius 1 is 1.00 bits per heavy atom. The van der Waals surface area contributed by atoms with Gasteiger partial charge in [0.25, 0.3) is 0 Å². The van der Waals surface area contributed by atoms with Gasteiger partial charge in [-0.05, 0) is 37.8 Å². The fourth-order valence-corrected chi connectivity index (χ4v) is 2.44. The Morgan fingerprint density at radius 2 is 1.35 bits per heavy atom. The molecule has 2 unspecified atom stereocenters. The van der Waals surface area contributed by atoms with Crippen LogP contribution in [0.4, 0.5) is 0 Å². The van der Waals surface area contributed by atoms with Crippen LogP contribution in [0.15, 0.2) is 0 Å². The summed E-state index contributed by atoms with van der Waals surface area (Å²) < 4.78 is 0. The van der Waals surface area contributed by atoms with Gasteiger partial charge in [-0.1, -0.05) is 0 Å². The van der Waals surface area contributed by atoms with Gasteiger partial charge in [-0.15, -0.1) is 0 Å². The number of carboxylic acid groups (broad SMARTS) is 2. The number of rotatable bonds is 4. The van der Waals surface area contributed by atoms with Gasteiger partial charge in [-0.3, -0.25) is 9.59 Å². The molecule has 0 aromatic rings. The first kappa shape index (κ1) is 19.5. The normalized spacial score (nSPS) is 26.9. The first-order chi connectivity index (χ1) is 8.87. The Bertz CT molecular complexity index is 317. The van der Waals surface area contributed by atoms with Gasteiger partial charge < -0.3 is 26.8 Å². The number of nitrogens with two attached hydrogens (primary N) is 2. The van der Waals surface area contributed by atoms with Crippen LogP contribution in [0, 0.1) is 17.3 Å². The summed E-state index contributed by atoms with van der Waals surface area (Å²) in [7, 11) is 0. The van der Waals surface area contributed by atoms with Gasteiger partial charge in [-0.2, -0.15) is 0 Å². The number of aliphatic hydroxyl groups excluding tert-OH is 1. The largest absolute Gasteiger partial charge is 4.00 e. The van der Waals surface area contributed by atoms with Gasteiger partial charge >= 0.3 is 33.0 Å². The minimum absolute atomic E-state index is 0. The molecule has 7 nitrogen and oxygen atoms in total. The summed E-state index contributed by atoms with van der Waals surface area (Å²) in [5.41, 5.74) is 9.17. The smallest absolute Gasteiger partial charge is 0.480 e. The molecule has 0 spiro atoms. The second-order valence-corrected chi connectivity index (χ2v) is 5.32. The summed E-state index contributed by atoms with van der Waals surface area (Å²) >= 11 is 0. The number of hydrogen-bond donors (Lipinski definition) is 5. The molecule has 2 fully saturated rings. The second-order valence-electron chi connectivity index (χ2n) is 5.32. The summed E-state index contributed by atoms with van der Waals surface area (Å²) in [5, 5.41) is 25.7. The summed E-state index contributed by atoms with van der Waals surface area (Å²) in [4.78, 5) is 20.8. The zero-order valence-corrected chi connectivity index (χ0v) is 13.4. The summed E-state index contributed by atoms with van der Waals surface area (Å²) in [6.07, 6.45) is 1.47. The van der Waals surface area contributed by atoms with Crippen LogP contribution in [0.1, 0.15) is 25.7 Å². The van der Waals surface area contributed by atoms with Crippen LogP contribution in [0.3, 0.4) is 0 Å². The molecule has 0 aromatic heterocycles. The third-order valence-corrected chi connectivity index (χ3v) is 4.17. The summed E-state index contributed by atoms with van der Waals surface area (Å²) in [6, 6.07) is 0. The Labute approximate surface area is 132 Å². The molecule has 2 aliphatic carbocycles. The average Bonchev–Trinajstić information content (AvgIpc) is 2.24. The molecule has 2 rings (SSSR count). The van der Waals surface area contributed by atoms with Crippen LogP contribution in [0.25, 0.3) is 0 Å². The molecular weight excluding hydrogens is 447 g/mol. The van der Waals surface area contributed by atoms with E-state index in [9.17, 15) is 9.59 Å². The minimum Gasteiger partial charge on any atom is -0.480 e. The van der Waals surface area contributed by atoms with Crippen LogP contribution in [-0.2, 0) is 30.7 Å². The van der Waals surface area contributed by atoms with E-state index in [0.29, 0.717) is 0 Å². The fraction of sp³-hybridized carbons (Fsp3) is 0.833. The van der Waals surface area contributed by atoms with E-state index >= 15 is 0 Å². The summed E-state index contributed by atoms with van der Waals surface area (Å²) in [5.74, 6) is -1.23. The molecule has 0 radical (unpaired) electrons. The minimum atomic E-state index is -1.72. The van der Waals surface area contributed by atoms with Crippen molar-refractivity contribution in [2.75, 3.05) is 13.1 Å². The van der Waals surface area contributed by atoms with Gasteiger partial charge in [0.2, 0.25) is 0 Å². The van der Waals surface area contributed by atoms with Gasteiger partial charge in [0.1, 0.15) is 0 Å². The molecule has 2 saturated carbocycles. The van der Waals surface area contributed by atoms with E-state index in [2.05, 4.69) is 0 Å². The van der Waals surface area contributed by atoms with E-state index in [1.54, 1.807) is 0 Å². The Hall–Kier alpha value is -0.492. The zero-order valence-electron chi connectivity index (χ0n) is 11.1. The summed E-state index contributed by atoms with van der Waals surface area (Å²) in [6.45, 7) is 1.67. The van der Waals surface area contributed by atoms with Crippen molar-refractivity contribution in [1.82, 2.24) is 0 Å². The maximum absolute atomic E-state index is 10.4. The molecule has 116 valence electrons. The molecule has 0 saturated heterocycles. The number of carboxylic acids is 2. The van der Waals surface area contributed by atoms with Gasteiger partial charge in [0.05, 0.1) is 6.10 Å².